The minimum atomic E-state index is 0. The van der Waals surface area contributed by atoms with E-state index < -0.39 is 0 Å². The molecule has 3 aromatic rings. The van der Waals surface area contributed by atoms with Crippen LogP contribution >= 0.6 is 35.3 Å². The number of nitrogens with one attached hydrogen (secondary N) is 2. The summed E-state index contributed by atoms with van der Waals surface area (Å²) in [4.78, 5) is 8.87. The van der Waals surface area contributed by atoms with E-state index in [1.165, 1.54) is 15.8 Å². The molecule has 5 nitrogen and oxygen atoms in total. The maximum absolute atomic E-state index is 5.93. The summed E-state index contributed by atoms with van der Waals surface area (Å²) < 4.78 is 1.18. The van der Waals surface area contributed by atoms with E-state index in [0.717, 1.165) is 16.3 Å². The third-order valence-corrected chi connectivity index (χ3v) is 4.74. The van der Waals surface area contributed by atoms with Crippen LogP contribution in [0, 0.1) is 13.8 Å². The highest BCUT2D eigenvalue weighted by Crippen LogP contribution is 2.24. The molecular formula is C18H22IN5S. The Morgan fingerprint density at radius 3 is 2.72 bits per heavy atom. The summed E-state index contributed by atoms with van der Waals surface area (Å²) in [5, 5.41) is 7.31. The number of rotatable bonds is 5. The van der Waals surface area contributed by atoms with Gasteiger partial charge in [0.1, 0.15) is 0 Å². The number of hydrogen-bond acceptors (Lipinski definition) is 4. The zero-order chi connectivity index (χ0) is 16.9. The van der Waals surface area contributed by atoms with Gasteiger partial charge in [0, 0.05) is 12.2 Å². The summed E-state index contributed by atoms with van der Waals surface area (Å²) in [6.45, 7) is 5.44. The van der Waals surface area contributed by atoms with Crippen LogP contribution in [0.1, 0.15) is 11.1 Å². The molecule has 0 saturated carbocycles. The highest BCUT2D eigenvalue weighted by atomic mass is 127. The fraction of sp³-hybridized carbons (Fsp3) is 0.222. The van der Waals surface area contributed by atoms with E-state index in [4.69, 9.17) is 5.73 Å². The fourth-order valence-electron chi connectivity index (χ4n) is 2.29. The lowest BCUT2D eigenvalue weighted by Crippen LogP contribution is -2.23. The van der Waals surface area contributed by atoms with Crippen LogP contribution in [0.4, 0.5) is 10.8 Å². The van der Waals surface area contributed by atoms with Crippen LogP contribution in [-0.4, -0.2) is 24.0 Å². The van der Waals surface area contributed by atoms with Gasteiger partial charge in [0.25, 0.3) is 0 Å². The van der Waals surface area contributed by atoms with Crippen LogP contribution in [0.25, 0.3) is 10.2 Å². The summed E-state index contributed by atoms with van der Waals surface area (Å²) in [5.74, 6) is 0.421. The van der Waals surface area contributed by atoms with Gasteiger partial charge in [-0.1, -0.05) is 29.5 Å². The molecule has 3 rings (SSSR count). The van der Waals surface area contributed by atoms with E-state index in [1.54, 1.807) is 11.3 Å². The van der Waals surface area contributed by atoms with Gasteiger partial charge in [0.15, 0.2) is 11.1 Å². The van der Waals surface area contributed by atoms with Crippen LogP contribution in [0.15, 0.2) is 47.5 Å². The Kier molecular flexibility index (Phi) is 7.01. The Labute approximate surface area is 168 Å². The number of guanidine groups is 1. The van der Waals surface area contributed by atoms with Crippen LogP contribution in [0.2, 0.25) is 0 Å². The minimum Gasteiger partial charge on any atom is -0.370 e. The number of aliphatic imine (C=N–C) groups is 1. The van der Waals surface area contributed by atoms with Crippen molar-refractivity contribution in [2.24, 2.45) is 10.7 Å². The third-order valence-electron chi connectivity index (χ3n) is 3.74. The van der Waals surface area contributed by atoms with Crippen LogP contribution < -0.4 is 16.4 Å². The zero-order valence-electron chi connectivity index (χ0n) is 14.2. The first-order valence-electron chi connectivity index (χ1n) is 7.85. The summed E-state index contributed by atoms with van der Waals surface area (Å²) in [7, 11) is 0. The van der Waals surface area contributed by atoms with Crippen molar-refractivity contribution in [3.63, 3.8) is 0 Å². The lowest BCUT2D eigenvalue weighted by molar-refractivity contribution is 1.01. The second-order valence-corrected chi connectivity index (χ2v) is 6.64. The Balaban J connectivity index is 0.00000225. The van der Waals surface area contributed by atoms with Gasteiger partial charge >= 0.3 is 0 Å². The molecule has 0 fully saturated rings. The van der Waals surface area contributed by atoms with Crippen LogP contribution in [0.5, 0.6) is 0 Å². The second-order valence-electron chi connectivity index (χ2n) is 5.60. The molecule has 4 N–H and O–H groups in total. The molecular weight excluding hydrogens is 445 g/mol. The summed E-state index contributed by atoms with van der Waals surface area (Å²) >= 11 is 1.64. The number of fused-ring (bicyclic) bond motifs is 1. The molecule has 1 aromatic heterocycles. The SMILES string of the molecule is Cc1ccc(NC(N)=NCCNc2nc3ccccc3s2)cc1C.I. The maximum Gasteiger partial charge on any atom is 0.193 e. The van der Waals surface area contributed by atoms with Gasteiger partial charge in [-0.3, -0.25) is 4.99 Å². The maximum atomic E-state index is 5.93. The first-order valence-corrected chi connectivity index (χ1v) is 8.67. The smallest absolute Gasteiger partial charge is 0.193 e. The average Bonchev–Trinajstić information content (AvgIpc) is 2.98. The van der Waals surface area contributed by atoms with Gasteiger partial charge < -0.3 is 16.4 Å². The number of aromatic nitrogens is 1. The molecule has 0 bridgehead atoms. The summed E-state index contributed by atoms with van der Waals surface area (Å²) in [6.07, 6.45) is 0. The molecule has 0 spiro atoms. The number of halogens is 1. The van der Waals surface area contributed by atoms with Crippen molar-refractivity contribution in [2.75, 3.05) is 23.7 Å². The number of aryl methyl sites for hydroxylation is 2. The number of para-hydroxylation sites is 1. The van der Waals surface area contributed by atoms with Gasteiger partial charge in [-0.2, -0.15) is 0 Å². The molecule has 7 heteroatoms. The molecule has 0 atom stereocenters. The van der Waals surface area contributed by atoms with E-state index in [9.17, 15) is 0 Å². The van der Waals surface area contributed by atoms with Gasteiger partial charge in [-0.25, -0.2) is 4.98 Å². The normalized spacial score (nSPS) is 11.2. The van der Waals surface area contributed by atoms with Crippen molar-refractivity contribution in [1.82, 2.24) is 4.98 Å². The number of thiazole rings is 1. The molecule has 132 valence electrons. The summed E-state index contributed by atoms with van der Waals surface area (Å²) in [6, 6.07) is 14.2. The minimum absolute atomic E-state index is 0. The van der Waals surface area contributed by atoms with E-state index in [1.807, 2.05) is 24.3 Å². The number of nitrogens with zero attached hydrogens (tertiary/aromatic N) is 2. The van der Waals surface area contributed by atoms with Crippen molar-refractivity contribution in [3.05, 3.63) is 53.6 Å². The molecule has 0 aliphatic carbocycles. The first-order chi connectivity index (χ1) is 11.6. The van der Waals surface area contributed by atoms with E-state index in [0.29, 0.717) is 19.0 Å². The topological polar surface area (TPSA) is 75.3 Å². The Hall–Kier alpha value is -1.87. The van der Waals surface area contributed by atoms with Crippen LogP contribution in [0.3, 0.4) is 0 Å². The van der Waals surface area contributed by atoms with E-state index in [2.05, 4.69) is 52.7 Å². The largest absolute Gasteiger partial charge is 0.370 e. The molecule has 0 saturated heterocycles. The van der Waals surface area contributed by atoms with Crippen molar-refractivity contribution < 1.29 is 0 Å². The number of benzene rings is 2. The quantitative estimate of drug-likeness (QED) is 0.226. The van der Waals surface area contributed by atoms with Crippen LogP contribution in [-0.2, 0) is 0 Å². The van der Waals surface area contributed by atoms with Crippen molar-refractivity contribution in [3.8, 4) is 0 Å². The van der Waals surface area contributed by atoms with Crippen molar-refractivity contribution >= 4 is 62.3 Å². The monoisotopic (exact) mass is 467 g/mol. The molecule has 0 amide bonds. The van der Waals surface area contributed by atoms with Gasteiger partial charge in [-0.15, -0.1) is 24.0 Å². The number of nitrogens with two attached hydrogens (primary N) is 1. The molecule has 0 radical (unpaired) electrons. The lowest BCUT2D eigenvalue weighted by atomic mass is 10.1. The standard InChI is InChI=1S/C18H21N5S.HI/c1-12-7-8-14(11-13(12)2)22-17(19)20-9-10-21-18-23-15-5-3-4-6-16(15)24-18;/h3-8,11H,9-10H2,1-2H3,(H,21,23)(H3,19,20,22);1H. The molecule has 0 aliphatic rings. The molecule has 1 heterocycles. The molecule has 0 aliphatic heterocycles. The third kappa shape index (κ3) is 5.30. The number of anilines is 2. The van der Waals surface area contributed by atoms with Crippen molar-refractivity contribution in [2.45, 2.75) is 13.8 Å². The van der Waals surface area contributed by atoms with E-state index in [-0.39, 0.29) is 24.0 Å². The average molecular weight is 467 g/mol. The Morgan fingerprint density at radius 1 is 1.16 bits per heavy atom. The predicted octanol–water partition coefficient (Wildman–Crippen LogP) is 4.37. The summed E-state index contributed by atoms with van der Waals surface area (Å²) in [5.41, 5.74) is 10.4. The molecule has 2 aromatic carbocycles. The highest BCUT2D eigenvalue weighted by molar-refractivity contribution is 14.0. The van der Waals surface area contributed by atoms with E-state index >= 15 is 0 Å². The Morgan fingerprint density at radius 2 is 1.96 bits per heavy atom. The second kappa shape index (κ2) is 9.00. The Bertz CT molecular complexity index is 842. The number of hydrogen-bond donors (Lipinski definition) is 3. The van der Waals surface area contributed by atoms with Gasteiger partial charge in [0.2, 0.25) is 0 Å². The fourth-order valence-corrected chi connectivity index (χ4v) is 3.18. The van der Waals surface area contributed by atoms with Crippen molar-refractivity contribution in [1.29, 1.82) is 0 Å². The van der Waals surface area contributed by atoms with Gasteiger partial charge in [-0.05, 0) is 49.2 Å². The lowest BCUT2D eigenvalue weighted by Gasteiger charge is -2.08. The highest BCUT2D eigenvalue weighted by Gasteiger charge is 2.02. The molecule has 0 unspecified atom stereocenters. The predicted molar refractivity (Wildman–Crippen MR) is 120 cm³/mol. The van der Waals surface area contributed by atoms with Gasteiger partial charge in [0.05, 0.1) is 16.8 Å². The zero-order valence-corrected chi connectivity index (χ0v) is 17.4. The first kappa shape index (κ1) is 19.5. The molecule has 25 heavy (non-hydrogen) atoms.